The number of hydrogen-bond donors (Lipinski definition) is 0. The molecule has 2 aromatic heterocycles. The first-order valence-electron chi connectivity index (χ1n) is 25.9. The van der Waals surface area contributed by atoms with Crippen molar-refractivity contribution < 1.29 is 33.3 Å². The second-order valence-corrected chi connectivity index (χ2v) is 21.5. The molecule has 5 aromatic carbocycles. The van der Waals surface area contributed by atoms with Crippen LogP contribution in [0.25, 0.3) is 0 Å². The van der Waals surface area contributed by atoms with E-state index in [0.717, 1.165) is 51.7 Å². The lowest BCUT2D eigenvalue weighted by molar-refractivity contribution is -0.129. The van der Waals surface area contributed by atoms with Crippen LogP contribution in [0.4, 0.5) is 9.59 Å². The van der Waals surface area contributed by atoms with Gasteiger partial charge in [0.25, 0.3) is 0 Å². The van der Waals surface area contributed by atoms with E-state index in [1.165, 1.54) is 20.4 Å². The summed E-state index contributed by atoms with van der Waals surface area (Å²) in [5, 5.41) is 16.5. The number of benzene rings is 5. The molecule has 18 heteroatoms. The summed E-state index contributed by atoms with van der Waals surface area (Å²) in [7, 11) is 3.33. The van der Waals surface area contributed by atoms with Crippen LogP contribution in [0.1, 0.15) is 101 Å². The van der Waals surface area contributed by atoms with Gasteiger partial charge in [-0.25, -0.2) is 24.0 Å². The van der Waals surface area contributed by atoms with E-state index in [-0.39, 0.29) is 31.3 Å². The number of halogens is 3. The number of carbonyl (C=O) groups excluding carboxylic acids is 3. The van der Waals surface area contributed by atoms with Crippen molar-refractivity contribution in [2.45, 2.75) is 118 Å². The van der Waals surface area contributed by atoms with Gasteiger partial charge < -0.3 is 28.7 Å². The van der Waals surface area contributed by atoms with Crippen LogP contribution in [-0.4, -0.2) is 90.0 Å². The molecule has 0 atom stereocenters. The van der Waals surface area contributed by atoms with Crippen molar-refractivity contribution in [1.29, 1.82) is 0 Å². The van der Waals surface area contributed by atoms with Gasteiger partial charge in [0.05, 0.1) is 56.2 Å². The number of nitrogens with zero attached hydrogens (tertiary/aromatic N) is 8. The van der Waals surface area contributed by atoms with E-state index in [4.69, 9.17) is 42.1 Å². The standard InChI is InChI=1S/C24H28ClN3O3.C20H21ClN2O.C17H23N3O3.ClH/c1-24(2,3)31-23(29)27(4)16-20-14-22(30-17-19-12-8-9-13-21(19)25)28(26-20)15-18-10-6-5-7-11-18;1-2-8-18-13-20(24-15-17-11-6-7-12-19(17)21)23(22-18)14-16-9-4-3-5-10-16;1-17(2,3)23-16(22)19(4)12-14-10-15(21)20(18-14)11-13-8-6-5-7-9-13;/h5-14H,15-17H2,1-4H3;3-7,9-13H,2,8,14-15H2,1H3;5-9H,10-12H2,1-4H3;1H. The molecule has 1 aliphatic rings. The van der Waals surface area contributed by atoms with E-state index < -0.39 is 23.4 Å². The maximum atomic E-state index is 12.3. The molecule has 420 valence electrons. The molecule has 0 aliphatic carbocycles. The van der Waals surface area contributed by atoms with E-state index >= 15 is 0 Å². The number of hydrogen-bond acceptors (Lipinski definition) is 10. The number of amides is 3. The van der Waals surface area contributed by atoms with Crippen LogP contribution in [0.2, 0.25) is 10.0 Å². The van der Waals surface area contributed by atoms with Gasteiger partial charge in [-0.05, 0) is 76.8 Å². The third-order valence-corrected chi connectivity index (χ3v) is 12.2. The molecule has 0 bridgehead atoms. The topological polar surface area (TPSA) is 146 Å². The normalized spacial score (nSPS) is 12.0. The van der Waals surface area contributed by atoms with Gasteiger partial charge in [0, 0.05) is 47.4 Å². The Bertz CT molecular complexity index is 3050. The molecule has 7 aromatic rings. The minimum absolute atomic E-state index is 0. The highest BCUT2D eigenvalue weighted by atomic mass is 35.5. The molecule has 0 saturated heterocycles. The predicted molar refractivity (Wildman–Crippen MR) is 314 cm³/mol. The quantitative estimate of drug-likeness (QED) is 0.0819. The molecule has 0 fully saturated rings. The molecule has 0 N–H and O–H groups in total. The van der Waals surface area contributed by atoms with Crippen molar-refractivity contribution in [2.75, 3.05) is 20.6 Å². The van der Waals surface area contributed by atoms with Crippen LogP contribution in [0.3, 0.4) is 0 Å². The molecule has 15 nitrogen and oxygen atoms in total. The number of hydrazone groups is 1. The first-order valence-corrected chi connectivity index (χ1v) is 26.7. The molecule has 3 heterocycles. The highest BCUT2D eigenvalue weighted by molar-refractivity contribution is 6.31. The summed E-state index contributed by atoms with van der Waals surface area (Å²) >= 11 is 12.5. The Morgan fingerprint density at radius 2 is 0.962 bits per heavy atom. The van der Waals surface area contributed by atoms with E-state index in [1.54, 1.807) is 18.8 Å². The Morgan fingerprint density at radius 1 is 0.570 bits per heavy atom. The third-order valence-electron chi connectivity index (χ3n) is 11.4. The van der Waals surface area contributed by atoms with Gasteiger partial charge in [-0.3, -0.25) is 4.79 Å². The van der Waals surface area contributed by atoms with Gasteiger partial charge in [0.1, 0.15) is 24.4 Å². The number of aryl methyl sites for hydroxylation is 1. The van der Waals surface area contributed by atoms with Crippen LogP contribution < -0.4 is 9.47 Å². The Labute approximate surface area is 481 Å². The van der Waals surface area contributed by atoms with Crippen molar-refractivity contribution in [3.05, 3.63) is 201 Å². The molecule has 0 saturated carbocycles. The summed E-state index contributed by atoms with van der Waals surface area (Å²) in [5.41, 5.74) is 6.52. The Balaban J connectivity index is 0.000000220. The molecule has 0 radical (unpaired) electrons. The summed E-state index contributed by atoms with van der Waals surface area (Å²) in [6.07, 6.45) is 1.43. The molecule has 3 amide bonds. The monoisotopic (exact) mass is 1130 g/mol. The average molecular weight is 1140 g/mol. The van der Waals surface area contributed by atoms with Crippen molar-refractivity contribution in [2.24, 2.45) is 5.10 Å². The highest BCUT2D eigenvalue weighted by Gasteiger charge is 2.28. The fourth-order valence-corrected chi connectivity index (χ4v) is 8.06. The Kier molecular flexibility index (Phi) is 23.9. The zero-order chi connectivity index (χ0) is 56.2. The lowest BCUT2D eigenvalue weighted by Gasteiger charge is -2.24. The highest BCUT2D eigenvalue weighted by Crippen LogP contribution is 2.24. The van der Waals surface area contributed by atoms with Crippen LogP contribution in [0.15, 0.2) is 157 Å². The van der Waals surface area contributed by atoms with E-state index in [1.807, 2.05) is 186 Å². The molecule has 8 rings (SSSR count). The zero-order valence-corrected chi connectivity index (χ0v) is 48.9. The summed E-state index contributed by atoms with van der Waals surface area (Å²) in [6.45, 7) is 16.2. The third kappa shape index (κ3) is 21.1. The van der Waals surface area contributed by atoms with E-state index in [9.17, 15) is 14.4 Å². The zero-order valence-electron chi connectivity index (χ0n) is 46.6. The Morgan fingerprint density at radius 3 is 1.39 bits per heavy atom. The van der Waals surface area contributed by atoms with E-state index in [0.29, 0.717) is 61.7 Å². The van der Waals surface area contributed by atoms with E-state index in [2.05, 4.69) is 34.4 Å². The summed E-state index contributed by atoms with van der Waals surface area (Å²) in [4.78, 5) is 39.2. The minimum atomic E-state index is -0.554. The maximum Gasteiger partial charge on any atom is 0.410 e. The lowest BCUT2D eigenvalue weighted by atomic mass is 10.2. The van der Waals surface area contributed by atoms with Crippen LogP contribution in [0, 0.1) is 0 Å². The fraction of sp³-hybridized carbons (Fsp3) is 0.344. The smallest absolute Gasteiger partial charge is 0.410 e. The van der Waals surface area contributed by atoms with Crippen molar-refractivity contribution in [3.8, 4) is 11.8 Å². The number of carbonyl (C=O) groups is 3. The molecular weight excluding hydrogens is 1060 g/mol. The van der Waals surface area contributed by atoms with Gasteiger partial charge in [-0.15, -0.1) is 12.4 Å². The van der Waals surface area contributed by atoms with Gasteiger partial charge in [-0.1, -0.05) is 164 Å². The molecule has 0 unspecified atom stereocenters. The predicted octanol–water partition coefficient (Wildman–Crippen LogP) is 13.7. The maximum absolute atomic E-state index is 12.3. The summed E-state index contributed by atoms with van der Waals surface area (Å²) in [5.74, 6) is 1.33. The second kappa shape index (κ2) is 30.1. The summed E-state index contributed by atoms with van der Waals surface area (Å²) < 4.78 is 26.5. The van der Waals surface area contributed by atoms with Gasteiger partial charge in [0.2, 0.25) is 17.7 Å². The number of aromatic nitrogens is 4. The van der Waals surface area contributed by atoms with Crippen LogP contribution >= 0.6 is 35.6 Å². The fourth-order valence-electron chi connectivity index (χ4n) is 7.68. The van der Waals surface area contributed by atoms with Crippen molar-refractivity contribution in [3.63, 3.8) is 0 Å². The van der Waals surface area contributed by atoms with Crippen molar-refractivity contribution in [1.82, 2.24) is 34.4 Å². The number of rotatable bonds is 18. The van der Waals surface area contributed by atoms with Crippen LogP contribution in [0.5, 0.6) is 11.8 Å². The molecular formula is C61H73Cl3N8O7. The lowest BCUT2D eigenvalue weighted by Crippen LogP contribution is -2.37. The van der Waals surface area contributed by atoms with Gasteiger partial charge in [0.15, 0.2) is 0 Å². The van der Waals surface area contributed by atoms with Gasteiger partial charge >= 0.3 is 12.2 Å². The molecule has 79 heavy (non-hydrogen) atoms. The first-order chi connectivity index (χ1) is 37.2. The molecule has 1 aliphatic heterocycles. The van der Waals surface area contributed by atoms with Crippen LogP contribution in [-0.2, 0) is 60.1 Å². The van der Waals surface area contributed by atoms with Crippen molar-refractivity contribution >= 4 is 59.4 Å². The second-order valence-electron chi connectivity index (χ2n) is 20.7. The SMILES string of the molecule is CCCc1cc(OCc2ccccc2Cl)n(Cc2ccccc2)n1.CN(CC1=NN(Cc2ccccc2)C(=O)C1)C(=O)OC(C)(C)C.CN(Cc1cc(OCc2ccccc2Cl)n(Cc2ccccc2)n1)C(=O)OC(C)(C)C.Cl. The average Bonchev–Trinajstić information content (AvgIpc) is 4.09. The minimum Gasteiger partial charge on any atom is -0.473 e. The first kappa shape index (κ1) is 62.5. The molecule has 0 spiro atoms. The van der Waals surface area contributed by atoms with Gasteiger partial charge in [-0.2, -0.15) is 15.3 Å². The largest absolute Gasteiger partial charge is 0.473 e. The number of ether oxygens (including phenoxy) is 4. The Hall–Kier alpha value is -7.33. The summed E-state index contributed by atoms with van der Waals surface area (Å²) in [6, 6.07) is 49.2.